The maximum absolute atomic E-state index is 13.0. The van der Waals surface area contributed by atoms with E-state index in [-0.39, 0.29) is 11.9 Å². The second kappa shape index (κ2) is 8.71. The molecule has 3 aromatic rings. The summed E-state index contributed by atoms with van der Waals surface area (Å²) in [6, 6.07) is 21.4. The predicted octanol–water partition coefficient (Wildman–Crippen LogP) is 5.90. The minimum atomic E-state index is -0.191. The normalized spacial score (nSPS) is 13.6. The van der Waals surface area contributed by atoms with Crippen molar-refractivity contribution in [3.63, 3.8) is 0 Å². The fourth-order valence-corrected chi connectivity index (χ4v) is 3.93. The quantitative estimate of drug-likeness (QED) is 0.554. The average molecular weight is 406 g/mol. The first-order chi connectivity index (χ1) is 14.1. The Morgan fingerprint density at radius 2 is 1.83 bits per heavy atom. The number of fused-ring (bicyclic) bond motifs is 1. The fourth-order valence-electron chi connectivity index (χ4n) is 3.76. The van der Waals surface area contributed by atoms with Crippen LogP contribution in [0.4, 0.5) is 0 Å². The molecule has 1 amide bonds. The first-order valence-electron chi connectivity index (χ1n) is 9.99. The highest BCUT2D eigenvalue weighted by Crippen LogP contribution is 2.27. The van der Waals surface area contributed by atoms with Gasteiger partial charge in [0.05, 0.1) is 11.6 Å². The van der Waals surface area contributed by atoms with Crippen molar-refractivity contribution in [1.29, 1.82) is 0 Å². The van der Waals surface area contributed by atoms with Crippen LogP contribution < -0.4 is 10.1 Å². The van der Waals surface area contributed by atoms with Crippen molar-refractivity contribution in [2.24, 2.45) is 0 Å². The number of aryl methyl sites for hydroxylation is 2. The highest BCUT2D eigenvalue weighted by molar-refractivity contribution is 6.31. The first kappa shape index (κ1) is 19.5. The van der Waals surface area contributed by atoms with Gasteiger partial charge in [-0.2, -0.15) is 0 Å². The smallest absolute Gasteiger partial charge is 0.255 e. The van der Waals surface area contributed by atoms with E-state index in [4.69, 9.17) is 16.3 Å². The third-order valence-electron chi connectivity index (χ3n) is 5.39. The van der Waals surface area contributed by atoms with Crippen molar-refractivity contribution in [1.82, 2.24) is 5.32 Å². The number of carbonyl (C=O) groups excluding carboxylic acids is 1. The van der Waals surface area contributed by atoms with Crippen LogP contribution in [0.25, 0.3) is 0 Å². The van der Waals surface area contributed by atoms with Gasteiger partial charge < -0.3 is 10.1 Å². The van der Waals surface area contributed by atoms with E-state index in [1.165, 1.54) is 17.5 Å². The van der Waals surface area contributed by atoms with Gasteiger partial charge in [-0.25, -0.2) is 0 Å². The molecule has 3 nitrogen and oxygen atoms in total. The van der Waals surface area contributed by atoms with Gasteiger partial charge in [0.15, 0.2) is 0 Å². The lowest BCUT2D eigenvalue weighted by Gasteiger charge is -2.17. The zero-order valence-corrected chi connectivity index (χ0v) is 17.2. The monoisotopic (exact) mass is 405 g/mol. The van der Waals surface area contributed by atoms with Crippen LogP contribution in [0.2, 0.25) is 5.02 Å². The van der Waals surface area contributed by atoms with Crippen molar-refractivity contribution in [2.45, 2.75) is 38.8 Å². The average Bonchev–Trinajstić information content (AvgIpc) is 3.21. The molecule has 3 aromatic carbocycles. The van der Waals surface area contributed by atoms with Crippen molar-refractivity contribution in [3.05, 3.63) is 99.6 Å². The molecule has 0 spiro atoms. The van der Waals surface area contributed by atoms with Crippen LogP contribution in [0.3, 0.4) is 0 Å². The second-order valence-electron chi connectivity index (χ2n) is 7.49. The maximum Gasteiger partial charge on any atom is 0.255 e. The van der Waals surface area contributed by atoms with E-state index in [1.54, 1.807) is 18.2 Å². The fraction of sp³-hybridized carbons (Fsp3) is 0.240. The van der Waals surface area contributed by atoms with Gasteiger partial charge in [-0.3, -0.25) is 4.79 Å². The Hall–Kier alpha value is -2.78. The first-order valence-corrected chi connectivity index (χ1v) is 10.4. The lowest BCUT2D eigenvalue weighted by atomic mass is 10.0. The van der Waals surface area contributed by atoms with Crippen molar-refractivity contribution in [2.75, 3.05) is 0 Å². The molecular formula is C25H24ClNO2. The molecule has 29 heavy (non-hydrogen) atoms. The summed E-state index contributed by atoms with van der Waals surface area (Å²) in [4.78, 5) is 13.0. The zero-order chi connectivity index (χ0) is 20.2. The Balaban J connectivity index is 1.49. The van der Waals surface area contributed by atoms with Gasteiger partial charge >= 0.3 is 0 Å². The van der Waals surface area contributed by atoms with Crippen LogP contribution in [0.15, 0.2) is 66.7 Å². The van der Waals surface area contributed by atoms with E-state index >= 15 is 0 Å². The lowest BCUT2D eigenvalue weighted by molar-refractivity contribution is 0.0935. The van der Waals surface area contributed by atoms with Crippen molar-refractivity contribution >= 4 is 17.5 Å². The molecule has 0 bridgehead atoms. The van der Waals surface area contributed by atoms with E-state index in [1.807, 2.05) is 37.3 Å². The summed E-state index contributed by atoms with van der Waals surface area (Å²) in [6.45, 7) is 2.40. The molecule has 0 unspecified atom stereocenters. The van der Waals surface area contributed by atoms with Gasteiger partial charge in [-0.1, -0.05) is 60.1 Å². The topological polar surface area (TPSA) is 38.3 Å². The molecule has 1 atom stereocenters. The SMILES string of the molecule is C[C@@H](NC(=O)c1cc(Cl)ccc1OCc1ccccc1)c1ccc2c(c1)CCC2. The van der Waals surface area contributed by atoms with Gasteiger partial charge in [0, 0.05) is 5.02 Å². The number of carbonyl (C=O) groups is 1. The molecule has 4 rings (SSSR count). The van der Waals surface area contributed by atoms with Crippen LogP contribution in [-0.2, 0) is 19.4 Å². The number of hydrogen-bond donors (Lipinski definition) is 1. The van der Waals surface area contributed by atoms with Gasteiger partial charge in [-0.15, -0.1) is 0 Å². The standard InChI is InChI=1S/C25H24ClNO2/c1-17(20-11-10-19-8-5-9-21(19)14-20)27-25(28)23-15-22(26)12-13-24(23)29-16-18-6-3-2-4-7-18/h2-4,6-7,10-15,17H,5,8-9,16H2,1H3,(H,27,28)/t17-/m1/s1. The van der Waals surface area contributed by atoms with Crippen LogP contribution in [0.5, 0.6) is 5.75 Å². The Morgan fingerprint density at radius 3 is 2.66 bits per heavy atom. The number of rotatable bonds is 6. The lowest BCUT2D eigenvalue weighted by Crippen LogP contribution is -2.27. The number of halogens is 1. The molecule has 0 fully saturated rings. The summed E-state index contributed by atoms with van der Waals surface area (Å²) in [7, 11) is 0. The van der Waals surface area contributed by atoms with Crippen LogP contribution in [0, 0.1) is 0 Å². The molecule has 1 aliphatic rings. The van der Waals surface area contributed by atoms with Crippen LogP contribution in [-0.4, -0.2) is 5.91 Å². The Kier molecular flexibility index (Phi) is 5.86. The van der Waals surface area contributed by atoms with Gasteiger partial charge in [-0.05, 0) is 66.6 Å². The number of amides is 1. The molecule has 0 aromatic heterocycles. The minimum absolute atomic E-state index is 0.102. The van der Waals surface area contributed by atoms with E-state index in [2.05, 4.69) is 23.5 Å². The zero-order valence-electron chi connectivity index (χ0n) is 16.5. The number of ether oxygens (including phenoxy) is 1. The number of nitrogens with one attached hydrogen (secondary N) is 1. The number of benzene rings is 3. The van der Waals surface area contributed by atoms with E-state index in [0.29, 0.717) is 22.9 Å². The molecule has 0 radical (unpaired) electrons. The van der Waals surface area contributed by atoms with Gasteiger partial charge in [0.25, 0.3) is 5.91 Å². The summed E-state index contributed by atoms with van der Waals surface area (Å²) < 4.78 is 5.93. The Morgan fingerprint density at radius 1 is 1.03 bits per heavy atom. The second-order valence-corrected chi connectivity index (χ2v) is 7.93. The van der Waals surface area contributed by atoms with Crippen molar-refractivity contribution < 1.29 is 9.53 Å². The summed E-state index contributed by atoms with van der Waals surface area (Å²) >= 11 is 6.16. The van der Waals surface area contributed by atoms with E-state index in [0.717, 1.165) is 24.0 Å². The molecule has 148 valence electrons. The molecular weight excluding hydrogens is 382 g/mol. The summed E-state index contributed by atoms with van der Waals surface area (Å²) in [5.41, 5.74) is 5.44. The summed E-state index contributed by atoms with van der Waals surface area (Å²) in [5.74, 6) is 0.334. The van der Waals surface area contributed by atoms with Crippen LogP contribution >= 0.6 is 11.6 Å². The molecule has 0 saturated heterocycles. The molecule has 0 saturated carbocycles. The molecule has 1 N–H and O–H groups in total. The third kappa shape index (κ3) is 4.63. The third-order valence-corrected chi connectivity index (χ3v) is 5.63. The Labute approximate surface area is 176 Å². The summed E-state index contributed by atoms with van der Waals surface area (Å²) in [5, 5.41) is 3.60. The highest BCUT2D eigenvalue weighted by atomic mass is 35.5. The Bertz CT molecular complexity index is 1020. The number of hydrogen-bond acceptors (Lipinski definition) is 2. The minimum Gasteiger partial charge on any atom is -0.488 e. The highest BCUT2D eigenvalue weighted by Gasteiger charge is 2.18. The van der Waals surface area contributed by atoms with Gasteiger partial charge in [0.2, 0.25) is 0 Å². The molecule has 1 aliphatic carbocycles. The molecule has 0 aliphatic heterocycles. The summed E-state index contributed by atoms with van der Waals surface area (Å²) in [6.07, 6.45) is 3.49. The predicted molar refractivity (Wildman–Crippen MR) is 117 cm³/mol. The van der Waals surface area contributed by atoms with E-state index < -0.39 is 0 Å². The molecule has 0 heterocycles. The van der Waals surface area contributed by atoms with Gasteiger partial charge in [0.1, 0.15) is 12.4 Å². The maximum atomic E-state index is 13.0. The van der Waals surface area contributed by atoms with Crippen LogP contribution in [0.1, 0.15) is 52.0 Å². The largest absolute Gasteiger partial charge is 0.488 e. The molecule has 4 heteroatoms. The van der Waals surface area contributed by atoms with E-state index in [9.17, 15) is 4.79 Å². The van der Waals surface area contributed by atoms with Crippen molar-refractivity contribution in [3.8, 4) is 5.75 Å².